The van der Waals surface area contributed by atoms with Gasteiger partial charge in [-0.15, -0.1) is 0 Å². The predicted octanol–water partition coefficient (Wildman–Crippen LogP) is 1.72. The maximum atomic E-state index is 12.1. The third-order valence-corrected chi connectivity index (χ3v) is 4.91. The molecule has 0 bridgehead atoms. The van der Waals surface area contributed by atoms with Gasteiger partial charge in [0.15, 0.2) is 0 Å². The van der Waals surface area contributed by atoms with Crippen LogP contribution in [0.15, 0.2) is 47.4 Å². The average molecular weight is 348 g/mol. The van der Waals surface area contributed by atoms with Crippen LogP contribution < -0.4 is 10.0 Å². The van der Waals surface area contributed by atoms with Crippen molar-refractivity contribution in [2.24, 2.45) is 0 Å². The summed E-state index contributed by atoms with van der Waals surface area (Å²) in [5, 5.41) is 12.3. The fraction of sp³-hybridized carbons (Fsp3) is 0.235. The summed E-state index contributed by atoms with van der Waals surface area (Å²) in [6.45, 7) is 3.85. The Hall–Kier alpha value is -2.38. The summed E-state index contributed by atoms with van der Waals surface area (Å²) >= 11 is 0. The van der Waals surface area contributed by atoms with Crippen LogP contribution in [-0.2, 0) is 10.0 Å². The molecule has 0 aliphatic heterocycles. The van der Waals surface area contributed by atoms with Crippen LogP contribution in [0.5, 0.6) is 5.75 Å². The summed E-state index contributed by atoms with van der Waals surface area (Å²) in [5.41, 5.74) is 1.98. The van der Waals surface area contributed by atoms with E-state index in [1.165, 1.54) is 18.2 Å². The number of benzene rings is 2. The number of phenolic OH excluding ortho intramolecular Hbond substituents is 1. The minimum atomic E-state index is -3.61. The molecule has 2 aromatic rings. The lowest BCUT2D eigenvalue weighted by Crippen LogP contribution is -2.34. The number of hydrogen-bond acceptors (Lipinski definition) is 4. The van der Waals surface area contributed by atoms with Gasteiger partial charge >= 0.3 is 0 Å². The summed E-state index contributed by atoms with van der Waals surface area (Å²) in [6.07, 6.45) is 0. The highest BCUT2D eigenvalue weighted by molar-refractivity contribution is 7.89. The van der Waals surface area contributed by atoms with E-state index in [-0.39, 0.29) is 29.3 Å². The number of sulfonamides is 1. The summed E-state index contributed by atoms with van der Waals surface area (Å²) in [6, 6.07) is 11.2. The zero-order valence-corrected chi connectivity index (χ0v) is 14.4. The van der Waals surface area contributed by atoms with Crippen LogP contribution in [0.1, 0.15) is 21.5 Å². The van der Waals surface area contributed by atoms with E-state index in [2.05, 4.69) is 10.0 Å². The lowest BCUT2D eigenvalue weighted by atomic mass is 10.1. The van der Waals surface area contributed by atoms with Crippen LogP contribution in [0.2, 0.25) is 0 Å². The first-order chi connectivity index (χ1) is 11.3. The van der Waals surface area contributed by atoms with Crippen molar-refractivity contribution in [3.63, 3.8) is 0 Å². The summed E-state index contributed by atoms with van der Waals surface area (Å²) in [5.74, 6) is -0.566. The van der Waals surface area contributed by atoms with Gasteiger partial charge in [0.25, 0.3) is 5.91 Å². The molecule has 0 unspecified atom stereocenters. The van der Waals surface area contributed by atoms with Crippen LogP contribution >= 0.6 is 0 Å². The fourth-order valence-corrected chi connectivity index (χ4v) is 3.12. The smallest absolute Gasteiger partial charge is 0.255 e. The molecule has 128 valence electrons. The molecule has 24 heavy (non-hydrogen) atoms. The second kappa shape index (κ2) is 7.46. The van der Waals surface area contributed by atoms with E-state index in [9.17, 15) is 18.3 Å². The van der Waals surface area contributed by atoms with Crippen molar-refractivity contribution in [1.82, 2.24) is 10.0 Å². The minimum Gasteiger partial charge on any atom is -0.507 e. The van der Waals surface area contributed by atoms with E-state index in [1.54, 1.807) is 24.3 Å². The van der Waals surface area contributed by atoms with E-state index in [0.29, 0.717) is 0 Å². The number of carbonyl (C=O) groups excluding carboxylic acids is 1. The van der Waals surface area contributed by atoms with Crippen molar-refractivity contribution in [2.45, 2.75) is 18.7 Å². The fourth-order valence-electron chi connectivity index (χ4n) is 2.09. The minimum absolute atomic E-state index is 0.0501. The van der Waals surface area contributed by atoms with Gasteiger partial charge in [0.05, 0.1) is 10.5 Å². The lowest BCUT2D eigenvalue weighted by molar-refractivity contribution is 0.0951. The van der Waals surface area contributed by atoms with Gasteiger partial charge in [-0.25, -0.2) is 13.1 Å². The molecule has 0 heterocycles. The van der Waals surface area contributed by atoms with Gasteiger partial charge < -0.3 is 10.4 Å². The summed E-state index contributed by atoms with van der Waals surface area (Å²) in [7, 11) is -3.61. The van der Waals surface area contributed by atoms with Gasteiger partial charge in [-0.1, -0.05) is 29.3 Å². The Bertz CT molecular complexity index is 830. The Balaban J connectivity index is 1.89. The lowest BCUT2D eigenvalue weighted by Gasteiger charge is -2.09. The van der Waals surface area contributed by atoms with Gasteiger partial charge in [0.2, 0.25) is 10.0 Å². The standard InChI is InChI=1S/C17H20N2O4S/c1-12-3-6-14(7-4-12)24(22,23)19-10-9-18-17(21)15-11-13(2)5-8-16(15)20/h3-8,11,19-20H,9-10H2,1-2H3,(H,18,21). The van der Waals surface area contributed by atoms with Crippen molar-refractivity contribution in [3.05, 3.63) is 59.2 Å². The molecular weight excluding hydrogens is 328 g/mol. The van der Waals surface area contributed by atoms with Crippen LogP contribution in [0.25, 0.3) is 0 Å². The quantitative estimate of drug-likeness (QED) is 0.693. The van der Waals surface area contributed by atoms with Crippen LogP contribution in [0.3, 0.4) is 0 Å². The normalized spacial score (nSPS) is 11.2. The first-order valence-electron chi connectivity index (χ1n) is 7.44. The highest BCUT2D eigenvalue weighted by Gasteiger charge is 2.14. The molecule has 3 N–H and O–H groups in total. The predicted molar refractivity (Wildman–Crippen MR) is 91.5 cm³/mol. The molecule has 0 aliphatic rings. The molecule has 1 amide bonds. The molecule has 0 saturated carbocycles. The zero-order valence-electron chi connectivity index (χ0n) is 13.5. The van der Waals surface area contributed by atoms with E-state index < -0.39 is 15.9 Å². The number of rotatable bonds is 6. The van der Waals surface area contributed by atoms with Crippen molar-refractivity contribution in [3.8, 4) is 5.75 Å². The first-order valence-corrected chi connectivity index (χ1v) is 8.92. The highest BCUT2D eigenvalue weighted by atomic mass is 32.2. The summed E-state index contributed by atoms with van der Waals surface area (Å²) < 4.78 is 26.6. The molecule has 2 rings (SSSR count). The third-order valence-electron chi connectivity index (χ3n) is 3.43. The Morgan fingerprint density at radius 1 is 1.00 bits per heavy atom. The molecule has 2 aromatic carbocycles. The Labute approximate surface area is 141 Å². The largest absolute Gasteiger partial charge is 0.507 e. The van der Waals surface area contributed by atoms with Crippen LogP contribution in [-0.4, -0.2) is 32.5 Å². The molecule has 0 fully saturated rings. The van der Waals surface area contributed by atoms with Crippen LogP contribution in [0, 0.1) is 13.8 Å². The van der Waals surface area contributed by atoms with Gasteiger partial charge in [0, 0.05) is 13.1 Å². The van der Waals surface area contributed by atoms with E-state index in [1.807, 2.05) is 13.8 Å². The molecule has 0 atom stereocenters. The van der Waals surface area contributed by atoms with Crippen molar-refractivity contribution >= 4 is 15.9 Å². The monoisotopic (exact) mass is 348 g/mol. The molecule has 0 radical (unpaired) electrons. The van der Waals surface area contributed by atoms with E-state index in [4.69, 9.17) is 0 Å². The van der Waals surface area contributed by atoms with E-state index >= 15 is 0 Å². The third kappa shape index (κ3) is 4.56. The molecule has 7 heteroatoms. The van der Waals surface area contributed by atoms with Crippen molar-refractivity contribution in [2.75, 3.05) is 13.1 Å². The number of amides is 1. The maximum Gasteiger partial charge on any atom is 0.255 e. The Morgan fingerprint density at radius 3 is 2.29 bits per heavy atom. The van der Waals surface area contributed by atoms with Crippen molar-refractivity contribution < 1.29 is 18.3 Å². The molecule has 0 aliphatic carbocycles. The number of aromatic hydroxyl groups is 1. The molecule has 0 saturated heterocycles. The Kier molecular flexibility index (Phi) is 5.58. The second-order valence-electron chi connectivity index (χ2n) is 5.49. The number of phenols is 1. The van der Waals surface area contributed by atoms with Crippen molar-refractivity contribution in [1.29, 1.82) is 0 Å². The number of aryl methyl sites for hydroxylation is 2. The average Bonchev–Trinajstić information content (AvgIpc) is 2.54. The van der Waals surface area contributed by atoms with Gasteiger partial charge in [-0.05, 0) is 38.1 Å². The summed E-state index contributed by atoms with van der Waals surface area (Å²) in [4.78, 5) is 12.2. The highest BCUT2D eigenvalue weighted by Crippen LogP contribution is 2.17. The van der Waals surface area contributed by atoms with Gasteiger partial charge in [-0.3, -0.25) is 4.79 Å². The molecule has 0 aromatic heterocycles. The first kappa shape index (κ1) is 18.0. The van der Waals surface area contributed by atoms with Gasteiger partial charge in [0.1, 0.15) is 5.75 Å². The van der Waals surface area contributed by atoms with Crippen LogP contribution in [0.4, 0.5) is 0 Å². The topological polar surface area (TPSA) is 95.5 Å². The maximum absolute atomic E-state index is 12.1. The zero-order chi connectivity index (χ0) is 17.7. The molecule has 0 spiro atoms. The SMILES string of the molecule is Cc1ccc(S(=O)(=O)NCCNC(=O)c2cc(C)ccc2O)cc1. The molecule has 6 nitrogen and oxygen atoms in total. The number of nitrogens with one attached hydrogen (secondary N) is 2. The number of hydrogen-bond donors (Lipinski definition) is 3. The van der Waals surface area contributed by atoms with E-state index in [0.717, 1.165) is 11.1 Å². The molecular formula is C17H20N2O4S. The Morgan fingerprint density at radius 2 is 1.62 bits per heavy atom. The number of carbonyl (C=O) groups is 1. The van der Waals surface area contributed by atoms with Gasteiger partial charge in [-0.2, -0.15) is 0 Å². The second-order valence-corrected chi connectivity index (χ2v) is 7.25.